The maximum Gasteiger partial charge on any atom is 0.410 e. The van der Waals surface area contributed by atoms with Gasteiger partial charge < -0.3 is 14.7 Å². The number of carbonyl (C=O) groups excluding carboxylic acids is 1. The summed E-state index contributed by atoms with van der Waals surface area (Å²) in [6, 6.07) is 1.70. The zero-order chi connectivity index (χ0) is 21.6. The van der Waals surface area contributed by atoms with Crippen molar-refractivity contribution in [2.75, 3.05) is 13.1 Å². The Bertz CT molecular complexity index is 1010. The number of likely N-dealkylation sites (tertiary alicyclic amines) is 1. The van der Waals surface area contributed by atoms with E-state index < -0.39 is 16.6 Å². The minimum atomic E-state index is -1.09. The standard InChI is InChI=1S/C22H30N4O4/c1-20(2,3)30-19(28)25-11-9-22(29,21(13-25)7-4-5-8-21)14-26-15-24-17-6-10-23-12-16(17)18(26)27/h6,10,12,15,29H,4-5,7-9,11,13-14H2,1-3H3. The Hall–Kier alpha value is -2.48. The van der Waals surface area contributed by atoms with Crippen LogP contribution in [0.15, 0.2) is 29.6 Å². The molecule has 2 fully saturated rings. The number of ether oxygens (including phenoxy) is 1. The van der Waals surface area contributed by atoms with Crippen LogP contribution in [0.25, 0.3) is 10.9 Å². The van der Waals surface area contributed by atoms with Crippen molar-refractivity contribution in [3.63, 3.8) is 0 Å². The average molecular weight is 415 g/mol. The van der Waals surface area contributed by atoms with Crippen molar-refractivity contribution < 1.29 is 14.6 Å². The second-order valence-electron chi connectivity index (χ2n) is 9.74. The second kappa shape index (κ2) is 7.34. The Morgan fingerprint density at radius 1 is 1.27 bits per heavy atom. The van der Waals surface area contributed by atoms with E-state index in [-0.39, 0.29) is 18.2 Å². The first-order valence-electron chi connectivity index (χ1n) is 10.6. The van der Waals surface area contributed by atoms with Crippen LogP contribution in [0.1, 0.15) is 52.9 Å². The van der Waals surface area contributed by atoms with Gasteiger partial charge >= 0.3 is 6.09 Å². The maximum atomic E-state index is 13.0. The molecule has 1 saturated heterocycles. The lowest BCUT2D eigenvalue weighted by Crippen LogP contribution is -2.62. The molecule has 0 aromatic carbocycles. The fourth-order valence-electron chi connectivity index (χ4n) is 4.98. The second-order valence-corrected chi connectivity index (χ2v) is 9.74. The number of rotatable bonds is 2. The Morgan fingerprint density at radius 3 is 2.70 bits per heavy atom. The molecule has 2 aromatic rings. The van der Waals surface area contributed by atoms with Crippen LogP contribution >= 0.6 is 0 Å². The van der Waals surface area contributed by atoms with Crippen LogP contribution in [-0.4, -0.2) is 54.9 Å². The molecule has 1 aliphatic heterocycles. The van der Waals surface area contributed by atoms with Gasteiger partial charge in [0.15, 0.2) is 0 Å². The topological polar surface area (TPSA) is 97.6 Å². The molecule has 1 saturated carbocycles. The smallest absolute Gasteiger partial charge is 0.410 e. The molecular weight excluding hydrogens is 384 g/mol. The molecule has 2 aliphatic rings. The third-order valence-corrected chi connectivity index (χ3v) is 6.55. The van der Waals surface area contributed by atoms with Crippen molar-refractivity contribution in [3.8, 4) is 0 Å². The highest BCUT2D eigenvalue weighted by molar-refractivity contribution is 5.75. The number of aliphatic hydroxyl groups is 1. The first kappa shape index (κ1) is 20.8. The minimum Gasteiger partial charge on any atom is -0.444 e. The quantitative estimate of drug-likeness (QED) is 0.811. The predicted molar refractivity (Wildman–Crippen MR) is 112 cm³/mol. The molecule has 8 heteroatoms. The first-order valence-corrected chi connectivity index (χ1v) is 10.6. The highest BCUT2D eigenvalue weighted by Crippen LogP contribution is 2.51. The lowest BCUT2D eigenvalue weighted by molar-refractivity contribution is -0.140. The SMILES string of the molecule is CC(C)(C)OC(=O)N1CCC(O)(Cn2cnc3ccncc3c2=O)C2(CCCC2)C1. The van der Waals surface area contributed by atoms with Gasteiger partial charge in [-0.25, -0.2) is 9.78 Å². The lowest BCUT2D eigenvalue weighted by atomic mass is 9.66. The zero-order valence-electron chi connectivity index (χ0n) is 17.9. The molecule has 1 atom stereocenters. The van der Waals surface area contributed by atoms with Crippen molar-refractivity contribution >= 4 is 17.0 Å². The van der Waals surface area contributed by atoms with E-state index in [1.54, 1.807) is 17.2 Å². The van der Waals surface area contributed by atoms with Gasteiger partial charge in [-0.15, -0.1) is 0 Å². The Kier molecular flexibility index (Phi) is 5.08. The van der Waals surface area contributed by atoms with Gasteiger partial charge in [-0.05, 0) is 46.1 Å². The van der Waals surface area contributed by atoms with Crippen LogP contribution in [0.4, 0.5) is 4.79 Å². The summed E-state index contributed by atoms with van der Waals surface area (Å²) in [6.07, 6.45) is 8.31. The van der Waals surface area contributed by atoms with Gasteiger partial charge in [0.25, 0.3) is 5.56 Å². The lowest BCUT2D eigenvalue weighted by Gasteiger charge is -2.52. The largest absolute Gasteiger partial charge is 0.444 e. The van der Waals surface area contributed by atoms with E-state index in [1.165, 1.54) is 17.1 Å². The van der Waals surface area contributed by atoms with Gasteiger partial charge in [0.2, 0.25) is 0 Å². The number of hydrogen-bond donors (Lipinski definition) is 1. The number of pyridine rings is 1. The predicted octanol–water partition coefficient (Wildman–Crippen LogP) is 2.72. The van der Waals surface area contributed by atoms with Crippen molar-refractivity contribution in [3.05, 3.63) is 35.1 Å². The fourth-order valence-corrected chi connectivity index (χ4v) is 4.98. The summed E-state index contributed by atoms with van der Waals surface area (Å²) in [6.45, 7) is 6.55. The summed E-state index contributed by atoms with van der Waals surface area (Å²) in [4.78, 5) is 35.8. The number of amides is 1. The molecule has 1 N–H and O–H groups in total. The van der Waals surface area contributed by atoms with Crippen LogP contribution in [0.5, 0.6) is 0 Å². The van der Waals surface area contributed by atoms with Gasteiger partial charge in [-0.2, -0.15) is 0 Å². The van der Waals surface area contributed by atoms with E-state index in [4.69, 9.17) is 4.74 Å². The molecule has 162 valence electrons. The molecule has 4 rings (SSSR count). The first-order chi connectivity index (χ1) is 14.1. The molecule has 1 spiro atoms. The number of aromatic nitrogens is 3. The molecule has 1 aliphatic carbocycles. The van der Waals surface area contributed by atoms with E-state index in [0.29, 0.717) is 30.4 Å². The van der Waals surface area contributed by atoms with Crippen LogP contribution in [-0.2, 0) is 11.3 Å². The van der Waals surface area contributed by atoms with Crippen LogP contribution in [0.3, 0.4) is 0 Å². The van der Waals surface area contributed by atoms with Crippen LogP contribution < -0.4 is 5.56 Å². The normalized spacial score (nSPS) is 23.8. The zero-order valence-corrected chi connectivity index (χ0v) is 17.9. The van der Waals surface area contributed by atoms with Crippen LogP contribution in [0, 0.1) is 5.41 Å². The van der Waals surface area contributed by atoms with E-state index in [0.717, 1.165) is 25.7 Å². The third kappa shape index (κ3) is 3.69. The third-order valence-electron chi connectivity index (χ3n) is 6.55. The summed E-state index contributed by atoms with van der Waals surface area (Å²) >= 11 is 0. The van der Waals surface area contributed by atoms with E-state index in [2.05, 4.69) is 9.97 Å². The molecule has 30 heavy (non-hydrogen) atoms. The molecule has 8 nitrogen and oxygen atoms in total. The number of carbonyl (C=O) groups is 1. The van der Waals surface area contributed by atoms with Gasteiger partial charge in [0, 0.05) is 30.9 Å². The van der Waals surface area contributed by atoms with Crippen LogP contribution in [0.2, 0.25) is 0 Å². The van der Waals surface area contributed by atoms with Gasteiger partial charge in [0.1, 0.15) is 5.60 Å². The molecule has 2 aromatic heterocycles. The average Bonchev–Trinajstić information content (AvgIpc) is 3.15. The highest BCUT2D eigenvalue weighted by Gasteiger charge is 2.56. The molecule has 1 amide bonds. The molecule has 0 radical (unpaired) electrons. The summed E-state index contributed by atoms with van der Waals surface area (Å²) in [5.41, 5.74) is -1.72. The minimum absolute atomic E-state index is 0.159. The number of piperidine rings is 1. The maximum absolute atomic E-state index is 13.0. The van der Waals surface area contributed by atoms with E-state index in [9.17, 15) is 14.7 Å². The summed E-state index contributed by atoms with van der Waals surface area (Å²) in [5, 5.41) is 12.3. The van der Waals surface area contributed by atoms with Crippen molar-refractivity contribution in [2.24, 2.45) is 5.41 Å². The number of nitrogens with zero attached hydrogens (tertiary/aromatic N) is 4. The van der Waals surface area contributed by atoms with Crippen molar-refractivity contribution in [1.29, 1.82) is 0 Å². The van der Waals surface area contributed by atoms with Gasteiger partial charge in [-0.1, -0.05) is 12.8 Å². The van der Waals surface area contributed by atoms with Crippen molar-refractivity contribution in [1.82, 2.24) is 19.4 Å². The Morgan fingerprint density at radius 2 is 2.00 bits per heavy atom. The number of fused-ring (bicyclic) bond motifs is 1. The summed E-state index contributed by atoms with van der Waals surface area (Å²) < 4.78 is 7.06. The molecule has 1 unspecified atom stereocenters. The Labute approximate surface area is 175 Å². The molecule has 3 heterocycles. The summed E-state index contributed by atoms with van der Waals surface area (Å²) in [7, 11) is 0. The highest BCUT2D eigenvalue weighted by atomic mass is 16.6. The molecule has 0 bridgehead atoms. The monoisotopic (exact) mass is 414 g/mol. The van der Waals surface area contributed by atoms with Gasteiger partial charge in [0.05, 0.1) is 29.4 Å². The molecular formula is C22H30N4O4. The fraction of sp³-hybridized carbons (Fsp3) is 0.636. The summed E-state index contributed by atoms with van der Waals surface area (Å²) in [5.74, 6) is 0. The van der Waals surface area contributed by atoms with E-state index >= 15 is 0 Å². The van der Waals surface area contributed by atoms with Gasteiger partial charge in [-0.3, -0.25) is 14.3 Å². The van der Waals surface area contributed by atoms with E-state index in [1.807, 2.05) is 20.8 Å². The van der Waals surface area contributed by atoms with Crippen molar-refractivity contribution in [2.45, 2.75) is 70.6 Å². The Balaban J connectivity index is 1.62. The number of hydrogen-bond acceptors (Lipinski definition) is 6.